The molecule has 2 N–H and O–H groups in total. The lowest BCUT2D eigenvalue weighted by Crippen LogP contribution is -2.47. The quantitative estimate of drug-likeness (QED) is 0.427. The normalized spacial score (nSPS) is 17.4. The highest BCUT2D eigenvalue weighted by Crippen LogP contribution is 2.19. The molecule has 0 aliphatic carbocycles. The Morgan fingerprint density at radius 3 is 2.65 bits per heavy atom. The lowest BCUT2D eigenvalue weighted by atomic mass is 10.3. The minimum absolute atomic E-state index is 0. The van der Waals surface area contributed by atoms with Crippen molar-refractivity contribution in [1.82, 2.24) is 15.5 Å². The van der Waals surface area contributed by atoms with Crippen LogP contribution in [0.5, 0.6) is 0 Å². The molecule has 1 heterocycles. The van der Waals surface area contributed by atoms with Crippen molar-refractivity contribution >= 4 is 41.5 Å². The van der Waals surface area contributed by atoms with Crippen molar-refractivity contribution in [3.05, 3.63) is 30.3 Å². The number of carbonyl (C=O) groups excluding carboxylic acids is 1. The standard InChI is InChI=1S/C16H25N5O.HI/c1-17-16(18-11-15(22)20(2)3)19-13-9-10-21(12-13)14-7-5-4-6-8-14;/h4-8,13H,9-12H2,1-3H3,(H2,17,18,19);1H. The number of aliphatic imine (C=N–C) groups is 1. The first-order chi connectivity index (χ1) is 10.6. The molecule has 1 aromatic rings. The maximum Gasteiger partial charge on any atom is 0.241 e. The van der Waals surface area contributed by atoms with Gasteiger partial charge in [0, 0.05) is 46.0 Å². The molecule has 1 fully saturated rings. The zero-order chi connectivity index (χ0) is 15.9. The van der Waals surface area contributed by atoms with E-state index in [-0.39, 0.29) is 36.4 Å². The van der Waals surface area contributed by atoms with Gasteiger partial charge in [0.2, 0.25) is 5.91 Å². The van der Waals surface area contributed by atoms with Gasteiger partial charge in [-0.3, -0.25) is 9.79 Å². The number of guanidine groups is 1. The first-order valence-electron chi connectivity index (χ1n) is 7.57. The molecule has 1 atom stereocenters. The van der Waals surface area contributed by atoms with Crippen LogP contribution in [0.2, 0.25) is 0 Å². The monoisotopic (exact) mass is 431 g/mol. The molecule has 6 nitrogen and oxygen atoms in total. The molecule has 0 radical (unpaired) electrons. The molecule has 1 aliphatic heterocycles. The fourth-order valence-electron chi connectivity index (χ4n) is 2.46. The van der Waals surface area contributed by atoms with Crippen LogP contribution in [0.15, 0.2) is 35.3 Å². The third-order valence-corrected chi connectivity index (χ3v) is 3.78. The number of benzene rings is 1. The Morgan fingerprint density at radius 2 is 2.04 bits per heavy atom. The number of halogens is 1. The van der Waals surface area contributed by atoms with E-state index in [0.29, 0.717) is 12.0 Å². The number of hydrogen-bond acceptors (Lipinski definition) is 3. The van der Waals surface area contributed by atoms with Crippen LogP contribution < -0.4 is 15.5 Å². The van der Waals surface area contributed by atoms with Crippen LogP contribution in [0.4, 0.5) is 5.69 Å². The van der Waals surface area contributed by atoms with Gasteiger partial charge in [0.25, 0.3) is 0 Å². The summed E-state index contributed by atoms with van der Waals surface area (Å²) in [4.78, 5) is 19.7. The molecule has 2 rings (SSSR count). The maximum atomic E-state index is 11.6. The minimum Gasteiger partial charge on any atom is -0.369 e. The number of para-hydroxylation sites is 1. The number of carbonyl (C=O) groups is 1. The number of rotatable bonds is 4. The zero-order valence-electron chi connectivity index (χ0n) is 14.0. The van der Waals surface area contributed by atoms with Gasteiger partial charge in [0.05, 0.1) is 6.54 Å². The van der Waals surface area contributed by atoms with E-state index in [9.17, 15) is 4.79 Å². The van der Waals surface area contributed by atoms with Crippen molar-refractivity contribution in [2.75, 3.05) is 45.7 Å². The highest BCUT2D eigenvalue weighted by Gasteiger charge is 2.23. The highest BCUT2D eigenvalue weighted by atomic mass is 127. The smallest absolute Gasteiger partial charge is 0.241 e. The predicted octanol–water partition coefficient (Wildman–Crippen LogP) is 1.14. The number of anilines is 1. The van der Waals surface area contributed by atoms with Crippen LogP contribution in [-0.4, -0.2) is 63.6 Å². The number of amides is 1. The fourth-order valence-corrected chi connectivity index (χ4v) is 2.46. The van der Waals surface area contributed by atoms with E-state index in [4.69, 9.17) is 0 Å². The van der Waals surface area contributed by atoms with Gasteiger partial charge in [0.15, 0.2) is 5.96 Å². The minimum atomic E-state index is 0. The fraction of sp³-hybridized carbons (Fsp3) is 0.500. The van der Waals surface area contributed by atoms with E-state index in [0.717, 1.165) is 19.5 Å². The average Bonchev–Trinajstić information content (AvgIpc) is 3.00. The number of likely N-dealkylation sites (N-methyl/N-ethyl adjacent to an activating group) is 1. The maximum absolute atomic E-state index is 11.6. The molecule has 7 heteroatoms. The Balaban J connectivity index is 0.00000264. The Labute approximate surface area is 155 Å². The van der Waals surface area contributed by atoms with E-state index in [1.165, 1.54) is 5.69 Å². The lowest BCUT2D eigenvalue weighted by Gasteiger charge is -2.20. The van der Waals surface area contributed by atoms with Crippen molar-refractivity contribution in [2.45, 2.75) is 12.5 Å². The number of nitrogens with zero attached hydrogens (tertiary/aromatic N) is 3. The molecule has 0 spiro atoms. The van der Waals surface area contributed by atoms with Gasteiger partial charge in [-0.25, -0.2) is 0 Å². The van der Waals surface area contributed by atoms with Crippen LogP contribution in [0, 0.1) is 0 Å². The molecule has 1 amide bonds. The lowest BCUT2D eigenvalue weighted by molar-refractivity contribution is -0.127. The largest absolute Gasteiger partial charge is 0.369 e. The van der Waals surface area contributed by atoms with Crippen LogP contribution in [0.1, 0.15) is 6.42 Å². The summed E-state index contributed by atoms with van der Waals surface area (Å²) in [6.45, 7) is 2.21. The predicted molar refractivity (Wildman–Crippen MR) is 106 cm³/mol. The van der Waals surface area contributed by atoms with Crippen LogP contribution in [-0.2, 0) is 4.79 Å². The summed E-state index contributed by atoms with van der Waals surface area (Å²) in [5, 5.41) is 6.45. The first kappa shape index (κ1) is 19.5. The molecular weight excluding hydrogens is 405 g/mol. The number of hydrogen-bond donors (Lipinski definition) is 2. The molecule has 1 aliphatic rings. The van der Waals surface area contributed by atoms with E-state index in [1.54, 1.807) is 26.0 Å². The Kier molecular flexibility index (Phi) is 8.15. The summed E-state index contributed by atoms with van der Waals surface area (Å²) in [5.74, 6) is 0.704. The van der Waals surface area contributed by atoms with Gasteiger partial charge in [-0.15, -0.1) is 24.0 Å². The summed E-state index contributed by atoms with van der Waals surface area (Å²) >= 11 is 0. The Morgan fingerprint density at radius 1 is 1.35 bits per heavy atom. The van der Waals surface area contributed by atoms with Crippen molar-refractivity contribution in [3.8, 4) is 0 Å². The molecule has 0 aromatic heterocycles. The second-order valence-electron chi connectivity index (χ2n) is 5.63. The van der Waals surface area contributed by atoms with Crippen molar-refractivity contribution < 1.29 is 4.79 Å². The first-order valence-corrected chi connectivity index (χ1v) is 7.57. The van der Waals surface area contributed by atoms with Gasteiger partial charge < -0.3 is 20.4 Å². The summed E-state index contributed by atoms with van der Waals surface area (Å²) < 4.78 is 0. The molecular formula is C16H26IN5O. The van der Waals surface area contributed by atoms with Gasteiger partial charge in [-0.1, -0.05) is 18.2 Å². The molecule has 0 saturated carbocycles. The second-order valence-corrected chi connectivity index (χ2v) is 5.63. The molecule has 1 unspecified atom stereocenters. The third-order valence-electron chi connectivity index (χ3n) is 3.78. The topological polar surface area (TPSA) is 60.0 Å². The van der Waals surface area contributed by atoms with E-state index in [1.807, 2.05) is 6.07 Å². The van der Waals surface area contributed by atoms with Crippen molar-refractivity contribution in [1.29, 1.82) is 0 Å². The van der Waals surface area contributed by atoms with Gasteiger partial charge in [0.1, 0.15) is 0 Å². The number of nitrogens with one attached hydrogen (secondary N) is 2. The van der Waals surface area contributed by atoms with E-state index < -0.39 is 0 Å². The summed E-state index contributed by atoms with van der Waals surface area (Å²) in [5.41, 5.74) is 1.25. The highest BCUT2D eigenvalue weighted by molar-refractivity contribution is 14.0. The summed E-state index contributed by atoms with van der Waals surface area (Å²) in [6, 6.07) is 10.7. The van der Waals surface area contributed by atoms with Gasteiger partial charge in [-0.2, -0.15) is 0 Å². The van der Waals surface area contributed by atoms with Crippen molar-refractivity contribution in [2.24, 2.45) is 4.99 Å². The van der Waals surface area contributed by atoms with Crippen LogP contribution in [0.25, 0.3) is 0 Å². The van der Waals surface area contributed by atoms with Gasteiger partial charge >= 0.3 is 0 Å². The third kappa shape index (κ3) is 5.89. The molecule has 1 saturated heterocycles. The Hall–Kier alpha value is -1.51. The SMILES string of the molecule is CN=C(NCC(=O)N(C)C)NC1CCN(c2ccccc2)C1.I. The molecule has 23 heavy (non-hydrogen) atoms. The second kappa shape index (κ2) is 9.59. The van der Waals surface area contributed by atoms with E-state index in [2.05, 4.69) is 44.8 Å². The van der Waals surface area contributed by atoms with E-state index >= 15 is 0 Å². The molecule has 0 bridgehead atoms. The zero-order valence-corrected chi connectivity index (χ0v) is 16.3. The van der Waals surface area contributed by atoms with Crippen molar-refractivity contribution in [3.63, 3.8) is 0 Å². The molecule has 128 valence electrons. The molecule has 1 aromatic carbocycles. The van der Waals surface area contributed by atoms with Crippen LogP contribution >= 0.6 is 24.0 Å². The summed E-state index contributed by atoms with van der Waals surface area (Å²) in [7, 11) is 5.21. The average molecular weight is 431 g/mol. The van der Waals surface area contributed by atoms with Crippen LogP contribution in [0.3, 0.4) is 0 Å². The summed E-state index contributed by atoms with van der Waals surface area (Å²) in [6.07, 6.45) is 1.05. The Bertz CT molecular complexity index is 520. The van der Waals surface area contributed by atoms with Gasteiger partial charge in [-0.05, 0) is 18.6 Å².